The summed E-state index contributed by atoms with van der Waals surface area (Å²) in [6, 6.07) is 18.4. The van der Waals surface area contributed by atoms with E-state index in [1.165, 1.54) is 36.4 Å². The summed E-state index contributed by atoms with van der Waals surface area (Å²) < 4.78 is 26.4. The summed E-state index contributed by atoms with van der Waals surface area (Å²) in [4.78, 5) is 13.0. The molecule has 0 fully saturated rings. The standard InChI is InChI=1S/C20H14F2O2/c21-17-10-6-14(7-11-17)19(23)20(24,15-4-2-1-3-5-15)16-8-12-18(22)13-9-16/h1-13,24H. The summed E-state index contributed by atoms with van der Waals surface area (Å²) in [5.74, 6) is -1.56. The van der Waals surface area contributed by atoms with Gasteiger partial charge in [-0.3, -0.25) is 4.79 Å². The third-order valence-electron chi connectivity index (χ3n) is 3.89. The Morgan fingerprint density at radius 2 is 1.17 bits per heavy atom. The molecule has 0 aliphatic rings. The molecule has 24 heavy (non-hydrogen) atoms. The highest BCUT2D eigenvalue weighted by Gasteiger charge is 2.40. The number of carbonyl (C=O) groups excluding carboxylic acids is 1. The average molecular weight is 324 g/mol. The van der Waals surface area contributed by atoms with E-state index in [1.807, 2.05) is 0 Å². The lowest BCUT2D eigenvalue weighted by Crippen LogP contribution is -2.37. The van der Waals surface area contributed by atoms with Gasteiger partial charge in [0.2, 0.25) is 5.78 Å². The van der Waals surface area contributed by atoms with Crippen molar-refractivity contribution in [2.24, 2.45) is 0 Å². The van der Waals surface area contributed by atoms with Gasteiger partial charge in [0.25, 0.3) is 0 Å². The van der Waals surface area contributed by atoms with Crippen molar-refractivity contribution in [3.8, 4) is 0 Å². The summed E-state index contributed by atoms with van der Waals surface area (Å²) in [5, 5.41) is 11.3. The maximum atomic E-state index is 13.2. The van der Waals surface area contributed by atoms with Crippen LogP contribution in [0.3, 0.4) is 0 Å². The van der Waals surface area contributed by atoms with Crippen LogP contribution in [0.5, 0.6) is 0 Å². The zero-order valence-electron chi connectivity index (χ0n) is 12.6. The molecule has 0 aliphatic carbocycles. The van der Waals surface area contributed by atoms with Crippen molar-refractivity contribution < 1.29 is 18.7 Å². The van der Waals surface area contributed by atoms with Crippen LogP contribution in [0.2, 0.25) is 0 Å². The molecule has 3 rings (SSSR count). The zero-order chi connectivity index (χ0) is 17.2. The van der Waals surface area contributed by atoms with Crippen molar-refractivity contribution in [1.82, 2.24) is 0 Å². The van der Waals surface area contributed by atoms with Gasteiger partial charge in [-0.2, -0.15) is 0 Å². The van der Waals surface area contributed by atoms with Crippen LogP contribution in [0.15, 0.2) is 78.9 Å². The maximum Gasteiger partial charge on any atom is 0.203 e. The predicted octanol–water partition coefficient (Wildman–Crippen LogP) is 4.08. The van der Waals surface area contributed by atoms with E-state index in [0.717, 1.165) is 12.1 Å². The Morgan fingerprint density at radius 1 is 0.708 bits per heavy atom. The fraction of sp³-hybridized carbons (Fsp3) is 0.0500. The summed E-state index contributed by atoms with van der Waals surface area (Å²) in [5.41, 5.74) is -1.24. The minimum absolute atomic E-state index is 0.159. The molecule has 0 amide bonds. The molecule has 3 aromatic rings. The van der Waals surface area contributed by atoms with Gasteiger partial charge in [0, 0.05) is 5.56 Å². The molecule has 0 radical (unpaired) electrons. The molecule has 0 saturated heterocycles. The SMILES string of the molecule is O=C(c1ccc(F)cc1)C(O)(c1ccccc1)c1ccc(F)cc1. The summed E-state index contributed by atoms with van der Waals surface area (Å²) in [7, 11) is 0. The third-order valence-corrected chi connectivity index (χ3v) is 3.89. The fourth-order valence-corrected chi connectivity index (χ4v) is 2.61. The van der Waals surface area contributed by atoms with Crippen LogP contribution in [0.1, 0.15) is 21.5 Å². The van der Waals surface area contributed by atoms with Crippen molar-refractivity contribution in [2.75, 3.05) is 0 Å². The lowest BCUT2D eigenvalue weighted by atomic mass is 9.80. The van der Waals surface area contributed by atoms with Crippen LogP contribution in [0.4, 0.5) is 8.78 Å². The van der Waals surface area contributed by atoms with Crippen LogP contribution < -0.4 is 0 Å². The van der Waals surface area contributed by atoms with Crippen molar-refractivity contribution in [1.29, 1.82) is 0 Å². The van der Waals surface area contributed by atoms with Gasteiger partial charge in [-0.05, 0) is 47.5 Å². The Labute approximate surface area is 138 Å². The second-order valence-electron chi connectivity index (χ2n) is 5.42. The number of hydrogen-bond donors (Lipinski definition) is 1. The maximum absolute atomic E-state index is 13.2. The minimum atomic E-state index is -1.99. The van der Waals surface area contributed by atoms with Crippen LogP contribution in [0, 0.1) is 11.6 Å². The molecule has 1 unspecified atom stereocenters. The zero-order valence-corrected chi connectivity index (χ0v) is 12.6. The molecule has 0 heterocycles. The van der Waals surface area contributed by atoms with Gasteiger partial charge in [0.15, 0.2) is 5.60 Å². The first-order valence-electron chi connectivity index (χ1n) is 7.36. The summed E-state index contributed by atoms with van der Waals surface area (Å²) in [6.45, 7) is 0. The van der Waals surface area contributed by atoms with E-state index in [4.69, 9.17) is 0 Å². The van der Waals surface area contributed by atoms with Crippen LogP contribution in [-0.2, 0) is 5.60 Å². The second kappa shape index (κ2) is 6.34. The highest BCUT2D eigenvalue weighted by atomic mass is 19.1. The van der Waals surface area contributed by atoms with Crippen LogP contribution >= 0.6 is 0 Å². The van der Waals surface area contributed by atoms with E-state index in [2.05, 4.69) is 0 Å². The smallest absolute Gasteiger partial charge is 0.203 e. The molecule has 1 atom stereocenters. The van der Waals surface area contributed by atoms with E-state index in [0.29, 0.717) is 5.56 Å². The largest absolute Gasteiger partial charge is 0.373 e. The van der Waals surface area contributed by atoms with Crippen LogP contribution in [-0.4, -0.2) is 10.9 Å². The number of rotatable bonds is 4. The molecule has 3 aromatic carbocycles. The molecule has 0 spiro atoms. The summed E-state index contributed by atoms with van der Waals surface area (Å²) in [6.07, 6.45) is 0. The lowest BCUT2D eigenvalue weighted by molar-refractivity contribution is 0.0487. The quantitative estimate of drug-likeness (QED) is 0.734. The van der Waals surface area contributed by atoms with E-state index in [9.17, 15) is 18.7 Å². The van der Waals surface area contributed by atoms with E-state index in [-0.39, 0.29) is 11.1 Å². The Bertz CT molecular complexity index is 843. The van der Waals surface area contributed by atoms with E-state index < -0.39 is 23.0 Å². The first kappa shape index (κ1) is 16.0. The lowest BCUT2D eigenvalue weighted by Gasteiger charge is -2.28. The monoisotopic (exact) mass is 324 g/mol. The number of halogens is 2. The molecular formula is C20H14F2O2. The van der Waals surface area contributed by atoms with Gasteiger partial charge >= 0.3 is 0 Å². The predicted molar refractivity (Wildman–Crippen MR) is 86.6 cm³/mol. The Balaban J connectivity index is 2.17. The van der Waals surface area contributed by atoms with E-state index in [1.54, 1.807) is 30.3 Å². The van der Waals surface area contributed by atoms with Gasteiger partial charge in [-0.1, -0.05) is 42.5 Å². The molecule has 2 nitrogen and oxygen atoms in total. The van der Waals surface area contributed by atoms with E-state index >= 15 is 0 Å². The van der Waals surface area contributed by atoms with Crippen molar-refractivity contribution >= 4 is 5.78 Å². The van der Waals surface area contributed by atoms with Gasteiger partial charge in [0.05, 0.1) is 0 Å². The summed E-state index contributed by atoms with van der Waals surface area (Å²) >= 11 is 0. The molecule has 0 bridgehead atoms. The van der Waals surface area contributed by atoms with Gasteiger partial charge in [-0.15, -0.1) is 0 Å². The first-order valence-corrected chi connectivity index (χ1v) is 7.36. The van der Waals surface area contributed by atoms with Crippen LogP contribution in [0.25, 0.3) is 0 Å². The van der Waals surface area contributed by atoms with Crippen molar-refractivity contribution in [2.45, 2.75) is 5.60 Å². The number of aliphatic hydroxyl groups is 1. The molecule has 0 aromatic heterocycles. The van der Waals surface area contributed by atoms with Crippen molar-refractivity contribution in [3.63, 3.8) is 0 Å². The Morgan fingerprint density at radius 3 is 1.71 bits per heavy atom. The number of ketones is 1. The highest BCUT2D eigenvalue weighted by molar-refractivity contribution is 6.05. The fourth-order valence-electron chi connectivity index (χ4n) is 2.61. The van der Waals surface area contributed by atoms with Gasteiger partial charge < -0.3 is 5.11 Å². The molecule has 0 saturated carbocycles. The molecular weight excluding hydrogens is 310 g/mol. The number of carbonyl (C=O) groups is 1. The molecule has 0 aliphatic heterocycles. The van der Waals surface area contributed by atoms with Gasteiger partial charge in [-0.25, -0.2) is 8.78 Å². The molecule has 120 valence electrons. The molecule has 1 N–H and O–H groups in total. The Kier molecular flexibility index (Phi) is 4.23. The molecule has 4 heteroatoms. The second-order valence-corrected chi connectivity index (χ2v) is 5.42. The third kappa shape index (κ3) is 2.84. The van der Waals surface area contributed by atoms with Crippen molar-refractivity contribution in [3.05, 3.63) is 107 Å². The average Bonchev–Trinajstić information content (AvgIpc) is 2.62. The number of benzene rings is 3. The minimum Gasteiger partial charge on any atom is -0.373 e. The number of hydrogen-bond acceptors (Lipinski definition) is 2. The first-order chi connectivity index (χ1) is 11.5. The normalized spacial score (nSPS) is 13.3. The van der Waals surface area contributed by atoms with Gasteiger partial charge in [0.1, 0.15) is 11.6 Å². The highest BCUT2D eigenvalue weighted by Crippen LogP contribution is 2.33. The topological polar surface area (TPSA) is 37.3 Å². The Hall–Kier alpha value is -2.85. The number of Topliss-reactive ketones (excluding diaryl/α,β-unsaturated/α-hetero) is 1.